The van der Waals surface area contributed by atoms with Crippen LogP contribution in [0, 0.1) is 29.6 Å². The van der Waals surface area contributed by atoms with Crippen LogP contribution < -0.4 is 15.2 Å². The summed E-state index contributed by atoms with van der Waals surface area (Å²) in [5.74, 6) is 0.0998. The van der Waals surface area contributed by atoms with Crippen molar-refractivity contribution in [3.8, 4) is 23.6 Å². The van der Waals surface area contributed by atoms with Crippen LogP contribution in [0.2, 0.25) is 5.02 Å². The fourth-order valence-electron chi connectivity index (χ4n) is 3.02. The van der Waals surface area contributed by atoms with Crippen molar-refractivity contribution in [2.45, 2.75) is 18.2 Å². The van der Waals surface area contributed by atoms with E-state index >= 15 is 0 Å². The molecule has 0 bridgehead atoms. The van der Waals surface area contributed by atoms with Gasteiger partial charge in [-0.25, -0.2) is 13.6 Å². The fraction of sp³-hybridized carbons (Fsp3) is 0.0870. The van der Waals surface area contributed by atoms with Crippen LogP contribution in [-0.4, -0.2) is 14.3 Å². The molecule has 0 saturated heterocycles. The summed E-state index contributed by atoms with van der Waals surface area (Å²) in [6, 6.07) is 17.5. The summed E-state index contributed by atoms with van der Waals surface area (Å²) in [5, 5.41) is 26.4. The number of primary sulfonamides is 1. The topological polar surface area (TPSA) is 146 Å². The Balaban J connectivity index is 1.79. The van der Waals surface area contributed by atoms with E-state index in [-0.39, 0.29) is 44.7 Å². The molecular weight excluding hydrogens is 464 g/mol. The zero-order valence-electron chi connectivity index (χ0n) is 17.3. The Morgan fingerprint density at radius 1 is 1.06 bits per heavy atom. The number of nitrogens with zero attached hydrogens (tertiary/aromatic N) is 2. The molecule has 0 radical (unpaired) electrons. The van der Waals surface area contributed by atoms with Crippen molar-refractivity contribution in [2.75, 3.05) is 5.32 Å². The number of anilines is 1. The summed E-state index contributed by atoms with van der Waals surface area (Å²) in [4.78, 5) is 12.4. The summed E-state index contributed by atoms with van der Waals surface area (Å²) in [5.41, 5.74) is 1.84. The quantitative estimate of drug-likeness (QED) is 0.544. The molecule has 10 heteroatoms. The first-order chi connectivity index (χ1) is 15.6. The van der Waals surface area contributed by atoms with Gasteiger partial charge in [-0.05, 0) is 60.5 Å². The van der Waals surface area contributed by atoms with Crippen molar-refractivity contribution in [3.63, 3.8) is 0 Å². The first-order valence-corrected chi connectivity index (χ1v) is 11.4. The number of halogens is 1. The molecule has 1 amide bonds. The van der Waals surface area contributed by atoms with E-state index in [0.717, 1.165) is 0 Å². The summed E-state index contributed by atoms with van der Waals surface area (Å²) >= 11 is 6.21. The first kappa shape index (κ1) is 23.8. The summed E-state index contributed by atoms with van der Waals surface area (Å²) in [6.45, 7) is 1.60. The minimum Gasteiger partial charge on any atom is -0.456 e. The van der Waals surface area contributed by atoms with Crippen LogP contribution in [0.25, 0.3) is 0 Å². The maximum Gasteiger partial charge on any atom is 0.238 e. The van der Waals surface area contributed by atoms with Gasteiger partial charge in [-0.3, -0.25) is 4.79 Å². The number of aryl methyl sites for hydroxylation is 1. The molecule has 0 aliphatic heterocycles. The van der Waals surface area contributed by atoms with E-state index < -0.39 is 15.9 Å². The Kier molecular flexibility index (Phi) is 7.00. The lowest BCUT2D eigenvalue weighted by Gasteiger charge is -2.11. The summed E-state index contributed by atoms with van der Waals surface area (Å²) < 4.78 is 29.1. The van der Waals surface area contributed by atoms with Crippen molar-refractivity contribution >= 4 is 33.2 Å². The molecule has 0 aromatic heterocycles. The number of nitrogens with two attached hydrogens (primary N) is 1. The second-order valence-electron chi connectivity index (χ2n) is 7.09. The van der Waals surface area contributed by atoms with Crippen molar-refractivity contribution in [2.24, 2.45) is 5.14 Å². The minimum absolute atomic E-state index is 0.0478. The predicted octanol–water partition coefficient (Wildman–Crippen LogP) is 4.01. The second-order valence-corrected chi connectivity index (χ2v) is 9.02. The Morgan fingerprint density at radius 3 is 2.33 bits per heavy atom. The van der Waals surface area contributed by atoms with Gasteiger partial charge in [0.25, 0.3) is 0 Å². The van der Waals surface area contributed by atoms with E-state index in [0.29, 0.717) is 11.1 Å². The van der Waals surface area contributed by atoms with E-state index in [1.807, 2.05) is 12.1 Å². The maximum atomic E-state index is 12.5. The Bertz CT molecular complexity index is 1410. The van der Waals surface area contributed by atoms with Gasteiger partial charge in [0.05, 0.1) is 39.6 Å². The largest absolute Gasteiger partial charge is 0.456 e. The van der Waals surface area contributed by atoms with Crippen LogP contribution in [0.15, 0.2) is 59.5 Å². The molecule has 0 spiro atoms. The normalized spacial score (nSPS) is 10.7. The zero-order valence-corrected chi connectivity index (χ0v) is 18.9. The average Bonchev–Trinajstić information content (AvgIpc) is 2.76. The highest BCUT2D eigenvalue weighted by Gasteiger charge is 2.14. The minimum atomic E-state index is -3.92. The highest BCUT2D eigenvalue weighted by molar-refractivity contribution is 7.89. The fourth-order valence-corrected chi connectivity index (χ4v) is 3.99. The molecular formula is C23H17ClN4O4S. The Labute approximate surface area is 195 Å². The summed E-state index contributed by atoms with van der Waals surface area (Å²) in [7, 11) is -3.92. The maximum absolute atomic E-state index is 12.5. The molecule has 0 fully saturated rings. The lowest BCUT2D eigenvalue weighted by molar-refractivity contribution is -0.115. The third-order valence-corrected chi connectivity index (χ3v) is 5.90. The van der Waals surface area contributed by atoms with E-state index in [9.17, 15) is 13.2 Å². The van der Waals surface area contributed by atoms with Gasteiger partial charge < -0.3 is 10.1 Å². The van der Waals surface area contributed by atoms with Crippen LogP contribution in [0.5, 0.6) is 11.5 Å². The molecule has 0 saturated carbocycles. The number of nitrogens with one attached hydrogen (secondary N) is 1. The standard InChI is InChI=1S/C23H17ClN4O4S/c1-14-2-4-18(11-22(14)33(27,30)31)28-23(29)10-15-3-5-20(24)21(9-15)32-19-7-16(12-25)6-17(8-19)13-26/h2-9,11H,10H2,1H3,(H,28,29)(H2,27,30,31). The zero-order chi connectivity index (χ0) is 24.2. The van der Waals surface area contributed by atoms with Gasteiger partial charge in [-0.2, -0.15) is 10.5 Å². The van der Waals surface area contributed by atoms with Crippen LogP contribution in [0.4, 0.5) is 5.69 Å². The molecule has 0 unspecified atom stereocenters. The molecule has 0 atom stereocenters. The van der Waals surface area contributed by atoms with Crippen LogP contribution in [0.1, 0.15) is 22.3 Å². The molecule has 3 N–H and O–H groups in total. The van der Waals surface area contributed by atoms with Gasteiger partial charge in [-0.15, -0.1) is 0 Å². The number of hydrogen-bond donors (Lipinski definition) is 2. The molecule has 3 rings (SSSR count). The molecule has 3 aromatic carbocycles. The SMILES string of the molecule is Cc1ccc(NC(=O)Cc2ccc(Cl)c(Oc3cc(C#N)cc(C#N)c3)c2)cc1S(N)(=O)=O. The number of ether oxygens (including phenoxy) is 1. The Hall–Kier alpha value is -3.89. The van der Waals surface area contributed by atoms with Crippen molar-refractivity contribution in [1.29, 1.82) is 10.5 Å². The number of amides is 1. The molecule has 3 aromatic rings. The van der Waals surface area contributed by atoms with Crippen LogP contribution in [0.3, 0.4) is 0 Å². The van der Waals surface area contributed by atoms with Gasteiger partial charge in [0.15, 0.2) is 0 Å². The average molecular weight is 481 g/mol. The van der Waals surface area contributed by atoms with E-state index in [1.165, 1.54) is 24.3 Å². The number of sulfonamides is 1. The highest BCUT2D eigenvalue weighted by Crippen LogP contribution is 2.31. The molecule has 0 aliphatic rings. The molecule has 166 valence electrons. The van der Waals surface area contributed by atoms with E-state index in [2.05, 4.69) is 5.32 Å². The van der Waals surface area contributed by atoms with Crippen LogP contribution >= 0.6 is 11.6 Å². The first-order valence-electron chi connectivity index (χ1n) is 9.44. The van der Waals surface area contributed by atoms with Crippen molar-refractivity contribution in [1.82, 2.24) is 0 Å². The number of benzene rings is 3. The van der Waals surface area contributed by atoms with Crippen molar-refractivity contribution in [3.05, 3.63) is 81.9 Å². The smallest absolute Gasteiger partial charge is 0.238 e. The lowest BCUT2D eigenvalue weighted by atomic mass is 10.1. The van der Waals surface area contributed by atoms with E-state index in [4.69, 9.17) is 32.0 Å². The van der Waals surface area contributed by atoms with Gasteiger partial charge in [-0.1, -0.05) is 23.7 Å². The van der Waals surface area contributed by atoms with Gasteiger partial charge in [0, 0.05) is 5.69 Å². The lowest BCUT2D eigenvalue weighted by Crippen LogP contribution is -2.17. The number of carbonyl (C=O) groups is 1. The second kappa shape index (κ2) is 9.72. The van der Waals surface area contributed by atoms with E-state index in [1.54, 1.807) is 37.3 Å². The Morgan fingerprint density at radius 2 is 1.73 bits per heavy atom. The number of carbonyl (C=O) groups excluding carboxylic acids is 1. The molecule has 8 nitrogen and oxygen atoms in total. The molecule has 0 heterocycles. The third kappa shape index (κ3) is 6.09. The van der Waals surface area contributed by atoms with Crippen molar-refractivity contribution < 1.29 is 17.9 Å². The van der Waals surface area contributed by atoms with Crippen LogP contribution in [-0.2, 0) is 21.2 Å². The highest BCUT2D eigenvalue weighted by atomic mass is 35.5. The van der Waals surface area contributed by atoms with Gasteiger partial charge in [0.1, 0.15) is 11.5 Å². The molecule has 33 heavy (non-hydrogen) atoms. The molecule has 0 aliphatic carbocycles. The number of rotatable bonds is 6. The van der Waals surface area contributed by atoms with Gasteiger partial charge >= 0.3 is 0 Å². The number of nitriles is 2. The monoisotopic (exact) mass is 480 g/mol. The predicted molar refractivity (Wildman–Crippen MR) is 122 cm³/mol. The third-order valence-electron chi connectivity index (χ3n) is 4.53. The number of hydrogen-bond acceptors (Lipinski definition) is 6. The summed E-state index contributed by atoms with van der Waals surface area (Å²) in [6.07, 6.45) is -0.0478. The van der Waals surface area contributed by atoms with Gasteiger partial charge in [0.2, 0.25) is 15.9 Å².